The standard InChI is InChI=1S/C19H32N4O2/c1-6-16-17(15(4)24)14(3)21-18(16)19(25)20-11-13(2)12-23-9-7-22(5)8-10-23/h13,21H,6-12H2,1-5H3,(H,20,25)/t13-/m0/s1. The summed E-state index contributed by atoms with van der Waals surface area (Å²) in [5, 5.41) is 3.03. The van der Waals surface area contributed by atoms with Gasteiger partial charge in [-0.3, -0.25) is 9.59 Å². The molecule has 2 N–H and O–H groups in total. The van der Waals surface area contributed by atoms with Crippen molar-refractivity contribution in [2.24, 2.45) is 5.92 Å². The molecule has 6 heteroatoms. The highest BCUT2D eigenvalue weighted by Gasteiger charge is 2.22. The summed E-state index contributed by atoms with van der Waals surface area (Å²) in [4.78, 5) is 32.3. The van der Waals surface area contributed by atoms with Gasteiger partial charge in [0, 0.05) is 50.5 Å². The van der Waals surface area contributed by atoms with E-state index in [1.807, 2.05) is 13.8 Å². The number of aromatic amines is 1. The molecule has 1 amide bonds. The van der Waals surface area contributed by atoms with E-state index in [4.69, 9.17) is 0 Å². The molecule has 140 valence electrons. The predicted octanol–water partition coefficient (Wildman–Crippen LogP) is 1.70. The van der Waals surface area contributed by atoms with Crippen molar-refractivity contribution < 1.29 is 9.59 Å². The summed E-state index contributed by atoms with van der Waals surface area (Å²) in [5.74, 6) is 0.284. The zero-order valence-corrected chi connectivity index (χ0v) is 16.2. The Hall–Kier alpha value is -1.66. The maximum atomic E-state index is 12.6. The third kappa shape index (κ3) is 4.92. The van der Waals surface area contributed by atoms with E-state index < -0.39 is 0 Å². The van der Waals surface area contributed by atoms with Crippen molar-refractivity contribution in [1.82, 2.24) is 20.1 Å². The molecule has 1 fully saturated rings. The van der Waals surface area contributed by atoms with Crippen molar-refractivity contribution in [3.05, 3.63) is 22.5 Å². The SMILES string of the molecule is CCc1c(C(=O)NC[C@H](C)CN2CCN(C)CC2)[nH]c(C)c1C(C)=O. The zero-order valence-electron chi connectivity index (χ0n) is 16.2. The Balaban J connectivity index is 1.92. The third-order valence-corrected chi connectivity index (χ3v) is 5.00. The van der Waals surface area contributed by atoms with Crippen molar-refractivity contribution >= 4 is 11.7 Å². The van der Waals surface area contributed by atoms with Crippen LogP contribution in [0.1, 0.15) is 52.9 Å². The number of H-pyrrole nitrogens is 1. The molecule has 0 saturated carbocycles. The molecule has 6 nitrogen and oxygen atoms in total. The van der Waals surface area contributed by atoms with Gasteiger partial charge in [-0.2, -0.15) is 0 Å². The Kier molecular flexibility index (Phi) is 6.79. The maximum absolute atomic E-state index is 12.6. The number of carbonyl (C=O) groups excluding carboxylic acids is 2. The Morgan fingerprint density at radius 2 is 1.88 bits per heavy atom. The molecule has 0 bridgehead atoms. The number of rotatable bonds is 7. The summed E-state index contributed by atoms with van der Waals surface area (Å²) in [6, 6.07) is 0. The summed E-state index contributed by atoms with van der Waals surface area (Å²) in [6.45, 7) is 13.6. The molecule has 0 aromatic carbocycles. The minimum absolute atomic E-state index is 0.00749. The monoisotopic (exact) mass is 348 g/mol. The lowest BCUT2D eigenvalue weighted by atomic mass is 10.0. The number of carbonyl (C=O) groups is 2. The van der Waals surface area contributed by atoms with Gasteiger partial charge in [0.1, 0.15) is 5.69 Å². The third-order valence-electron chi connectivity index (χ3n) is 5.00. The molecule has 1 aliphatic rings. The van der Waals surface area contributed by atoms with Crippen LogP contribution in [0.25, 0.3) is 0 Å². The lowest BCUT2D eigenvalue weighted by Crippen LogP contribution is -2.47. The molecule has 0 spiro atoms. The fourth-order valence-electron chi connectivity index (χ4n) is 3.59. The Morgan fingerprint density at radius 1 is 1.24 bits per heavy atom. The molecule has 1 aliphatic heterocycles. The Bertz CT molecular complexity index is 615. The van der Waals surface area contributed by atoms with Crippen LogP contribution in [-0.2, 0) is 6.42 Å². The number of likely N-dealkylation sites (N-methyl/N-ethyl adjacent to an activating group) is 1. The largest absolute Gasteiger partial charge is 0.354 e. The number of nitrogens with one attached hydrogen (secondary N) is 2. The fraction of sp³-hybridized carbons (Fsp3) is 0.684. The van der Waals surface area contributed by atoms with E-state index in [0.717, 1.165) is 44.0 Å². The normalized spacial score (nSPS) is 17.5. The van der Waals surface area contributed by atoms with Gasteiger partial charge in [-0.25, -0.2) is 0 Å². The number of ketones is 1. The molecular formula is C19H32N4O2. The van der Waals surface area contributed by atoms with Gasteiger partial charge in [0.2, 0.25) is 0 Å². The quantitative estimate of drug-likeness (QED) is 0.736. The average Bonchev–Trinajstić information content (AvgIpc) is 2.91. The first-order valence-electron chi connectivity index (χ1n) is 9.24. The minimum Gasteiger partial charge on any atom is -0.354 e. The Labute approximate surface area is 151 Å². The molecular weight excluding hydrogens is 316 g/mol. The maximum Gasteiger partial charge on any atom is 0.268 e. The summed E-state index contributed by atoms with van der Waals surface area (Å²) in [7, 11) is 2.15. The number of hydrogen-bond donors (Lipinski definition) is 2. The van der Waals surface area contributed by atoms with E-state index in [9.17, 15) is 9.59 Å². The lowest BCUT2D eigenvalue weighted by Gasteiger charge is -2.33. The van der Waals surface area contributed by atoms with Crippen LogP contribution in [0.3, 0.4) is 0 Å². The van der Waals surface area contributed by atoms with Crippen LogP contribution in [0.5, 0.6) is 0 Å². The van der Waals surface area contributed by atoms with Crippen molar-refractivity contribution in [2.75, 3.05) is 46.3 Å². The number of aromatic nitrogens is 1. The molecule has 1 atom stereocenters. The van der Waals surface area contributed by atoms with Gasteiger partial charge in [-0.1, -0.05) is 13.8 Å². The number of Topliss-reactive ketones (excluding diaryl/α,β-unsaturated/α-hetero) is 1. The fourth-order valence-corrected chi connectivity index (χ4v) is 3.59. The lowest BCUT2D eigenvalue weighted by molar-refractivity contribution is 0.0932. The van der Waals surface area contributed by atoms with Crippen molar-refractivity contribution in [1.29, 1.82) is 0 Å². The van der Waals surface area contributed by atoms with Crippen LogP contribution < -0.4 is 5.32 Å². The molecule has 1 aromatic heterocycles. The molecule has 1 saturated heterocycles. The molecule has 1 aromatic rings. The predicted molar refractivity (Wildman–Crippen MR) is 100 cm³/mol. The van der Waals surface area contributed by atoms with Gasteiger partial charge in [0.05, 0.1) is 0 Å². The van der Waals surface area contributed by atoms with Crippen molar-refractivity contribution in [3.8, 4) is 0 Å². The molecule has 0 unspecified atom stereocenters. The second-order valence-electron chi connectivity index (χ2n) is 7.31. The summed E-state index contributed by atoms with van der Waals surface area (Å²) in [5.41, 5.74) is 2.81. The van der Waals surface area contributed by atoms with Crippen molar-refractivity contribution in [3.63, 3.8) is 0 Å². The summed E-state index contributed by atoms with van der Waals surface area (Å²) < 4.78 is 0. The highest BCUT2D eigenvalue weighted by Crippen LogP contribution is 2.20. The van der Waals surface area contributed by atoms with E-state index in [-0.39, 0.29) is 11.7 Å². The van der Waals surface area contributed by atoms with E-state index >= 15 is 0 Å². The van der Waals surface area contributed by atoms with Crippen molar-refractivity contribution in [2.45, 2.75) is 34.1 Å². The Morgan fingerprint density at radius 3 is 2.44 bits per heavy atom. The van der Waals surface area contributed by atoms with E-state index in [1.165, 1.54) is 0 Å². The summed E-state index contributed by atoms with van der Waals surface area (Å²) >= 11 is 0. The summed E-state index contributed by atoms with van der Waals surface area (Å²) in [6.07, 6.45) is 0.666. The van der Waals surface area contributed by atoms with E-state index in [0.29, 0.717) is 30.1 Å². The van der Waals surface area contributed by atoms with Crippen LogP contribution in [0, 0.1) is 12.8 Å². The molecule has 2 rings (SSSR count). The van der Waals surface area contributed by atoms with Gasteiger partial charge in [-0.05, 0) is 38.8 Å². The van der Waals surface area contributed by atoms with Gasteiger partial charge in [0.25, 0.3) is 5.91 Å². The first kappa shape index (κ1) is 19.7. The average molecular weight is 348 g/mol. The number of hydrogen-bond acceptors (Lipinski definition) is 4. The van der Waals surface area contributed by atoms with E-state index in [1.54, 1.807) is 6.92 Å². The minimum atomic E-state index is -0.113. The smallest absolute Gasteiger partial charge is 0.268 e. The van der Waals surface area contributed by atoms with Crippen LogP contribution in [-0.4, -0.2) is 72.8 Å². The van der Waals surface area contributed by atoms with Gasteiger partial charge in [-0.15, -0.1) is 0 Å². The molecule has 0 radical (unpaired) electrons. The number of aryl methyl sites for hydroxylation is 1. The van der Waals surface area contributed by atoms with Crippen LogP contribution in [0.15, 0.2) is 0 Å². The number of nitrogens with zero attached hydrogens (tertiary/aromatic N) is 2. The van der Waals surface area contributed by atoms with Crippen LogP contribution >= 0.6 is 0 Å². The molecule has 2 heterocycles. The highest BCUT2D eigenvalue weighted by atomic mass is 16.2. The highest BCUT2D eigenvalue weighted by molar-refractivity contribution is 6.02. The second-order valence-corrected chi connectivity index (χ2v) is 7.31. The van der Waals surface area contributed by atoms with Gasteiger partial charge >= 0.3 is 0 Å². The van der Waals surface area contributed by atoms with E-state index in [2.05, 4.69) is 34.1 Å². The topological polar surface area (TPSA) is 68.4 Å². The first-order valence-corrected chi connectivity index (χ1v) is 9.24. The molecule has 0 aliphatic carbocycles. The second kappa shape index (κ2) is 8.63. The van der Waals surface area contributed by atoms with Crippen LogP contribution in [0.2, 0.25) is 0 Å². The first-order chi connectivity index (χ1) is 11.8. The molecule has 25 heavy (non-hydrogen) atoms. The number of amides is 1. The van der Waals surface area contributed by atoms with Gasteiger partial charge in [0.15, 0.2) is 5.78 Å². The zero-order chi connectivity index (χ0) is 18.6. The number of piperazine rings is 1. The van der Waals surface area contributed by atoms with Crippen LogP contribution in [0.4, 0.5) is 0 Å². The van der Waals surface area contributed by atoms with Gasteiger partial charge < -0.3 is 20.1 Å².